The quantitative estimate of drug-likeness (QED) is 0.519. The number of likely N-dealkylation sites (tertiary alicyclic amines) is 1. The Morgan fingerprint density at radius 2 is 1.76 bits per heavy atom. The molecule has 29 heavy (non-hydrogen) atoms. The lowest BCUT2D eigenvalue weighted by molar-refractivity contribution is -0.926. The first-order chi connectivity index (χ1) is 13.7. The summed E-state index contributed by atoms with van der Waals surface area (Å²) in [5.41, 5.74) is 1.48. The average Bonchev–Trinajstić information content (AvgIpc) is 2.68. The minimum Gasteiger partial charge on any atom is -0.323 e. The van der Waals surface area contributed by atoms with E-state index in [0.717, 1.165) is 23.2 Å². The Morgan fingerprint density at radius 3 is 2.41 bits per heavy atom. The number of nitrogens with one attached hydrogen (secondary N) is 1. The number of halogens is 3. The van der Waals surface area contributed by atoms with Crippen LogP contribution in [0.2, 0.25) is 0 Å². The van der Waals surface area contributed by atoms with E-state index in [-0.39, 0.29) is 5.91 Å². The molecule has 0 bridgehead atoms. The van der Waals surface area contributed by atoms with Crippen LogP contribution in [0.5, 0.6) is 0 Å². The van der Waals surface area contributed by atoms with Crippen molar-refractivity contribution in [1.29, 1.82) is 0 Å². The molecule has 0 atom stereocenters. The molecule has 1 fully saturated rings. The monoisotopic (exact) mass is 403 g/mol. The number of benzene rings is 2. The molecule has 2 aromatic carbocycles. The van der Waals surface area contributed by atoms with Crippen LogP contribution in [0.15, 0.2) is 54.6 Å². The van der Waals surface area contributed by atoms with Gasteiger partial charge in [-0.2, -0.15) is 13.2 Å². The van der Waals surface area contributed by atoms with Crippen molar-refractivity contribution in [2.24, 2.45) is 0 Å². The highest BCUT2D eigenvalue weighted by Crippen LogP contribution is 2.29. The van der Waals surface area contributed by atoms with Crippen molar-refractivity contribution in [3.8, 4) is 0 Å². The first-order valence-corrected chi connectivity index (χ1v) is 9.82. The van der Waals surface area contributed by atoms with Crippen LogP contribution in [0, 0.1) is 0 Å². The fourth-order valence-corrected chi connectivity index (χ4v) is 3.74. The number of rotatable bonds is 5. The molecule has 3 nitrogen and oxygen atoms in total. The maximum absolute atomic E-state index is 12.8. The molecule has 1 heterocycles. The Bertz CT molecular complexity index is 866. The van der Waals surface area contributed by atoms with E-state index in [4.69, 9.17) is 0 Å². The standard InChI is InChI=1S/C23H25F3N2O/c1-28(14-3-2-4-15-28)17-19-8-11-21(12-9-19)27-22(29)13-10-18-6-5-7-20(16-18)23(24,25)26/h5-13,16H,2-4,14-15,17H2,1H3/p+1/b13-10+. The van der Waals surface area contributed by atoms with Gasteiger partial charge in [-0.25, -0.2) is 0 Å². The topological polar surface area (TPSA) is 29.1 Å². The van der Waals surface area contributed by atoms with Crippen molar-refractivity contribution in [3.63, 3.8) is 0 Å². The molecule has 1 aliphatic rings. The minimum atomic E-state index is -4.40. The summed E-state index contributed by atoms with van der Waals surface area (Å²) in [5.74, 6) is -0.384. The molecule has 154 valence electrons. The van der Waals surface area contributed by atoms with Gasteiger partial charge in [-0.05, 0) is 55.2 Å². The summed E-state index contributed by atoms with van der Waals surface area (Å²) in [6.07, 6.45) is 2.06. The number of quaternary nitrogens is 1. The zero-order chi connectivity index (χ0) is 20.9. The predicted octanol–water partition coefficient (Wildman–Crippen LogP) is 5.49. The molecule has 2 aromatic rings. The molecule has 0 radical (unpaired) electrons. The molecule has 0 aromatic heterocycles. The third-order valence-corrected chi connectivity index (χ3v) is 5.32. The van der Waals surface area contributed by atoms with E-state index in [1.165, 1.54) is 62.2 Å². The second kappa shape index (κ2) is 8.82. The molecule has 0 aliphatic carbocycles. The Hall–Kier alpha value is -2.60. The lowest BCUT2D eigenvalue weighted by Gasteiger charge is -2.37. The number of nitrogens with zero attached hydrogens (tertiary/aromatic N) is 1. The van der Waals surface area contributed by atoms with Gasteiger partial charge in [0, 0.05) is 17.3 Å². The highest BCUT2D eigenvalue weighted by Gasteiger charge is 2.30. The number of carbonyl (C=O) groups excluding carboxylic acids is 1. The number of hydrogen-bond donors (Lipinski definition) is 1. The summed E-state index contributed by atoms with van der Waals surface area (Å²) < 4.78 is 39.3. The molecule has 0 spiro atoms. The van der Waals surface area contributed by atoms with Crippen molar-refractivity contribution in [3.05, 3.63) is 71.3 Å². The van der Waals surface area contributed by atoms with Crippen LogP contribution in [0.4, 0.5) is 18.9 Å². The van der Waals surface area contributed by atoms with Gasteiger partial charge in [-0.3, -0.25) is 4.79 Å². The number of alkyl halides is 3. The van der Waals surface area contributed by atoms with E-state index in [0.29, 0.717) is 11.3 Å². The number of amides is 1. The molecule has 1 amide bonds. The molecule has 1 saturated heterocycles. The van der Waals surface area contributed by atoms with Crippen molar-refractivity contribution < 1.29 is 22.4 Å². The van der Waals surface area contributed by atoms with Gasteiger partial charge in [0.1, 0.15) is 6.54 Å². The summed E-state index contributed by atoms with van der Waals surface area (Å²) >= 11 is 0. The molecule has 3 rings (SSSR count). The zero-order valence-corrected chi connectivity index (χ0v) is 16.5. The summed E-state index contributed by atoms with van der Waals surface area (Å²) in [6.45, 7) is 3.36. The van der Waals surface area contributed by atoms with Gasteiger partial charge >= 0.3 is 6.18 Å². The molecule has 6 heteroatoms. The summed E-state index contributed by atoms with van der Waals surface area (Å²) in [4.78, 5) is 12.1. The van der Waals surface area contributed by atoms with Crippen LogP contribution < -0.4 is 5.32 Å². The van der Waals surface area contributed by atoms with Gasteiger partial charge in [-0.15, -0.1) is 0 Å². The first-order valence-electron chi connectivity index (χ1n) is 9.82. The molecule has 1 aliphatic heterocycles. The fourth-order valence-electron chi connectivity index (χ4n) is 3.74. The number of carbonyl (C=O) groups is 1. The maximum Gasteiger partial charge on any atom is 0.416 e. The minimum absolute atomic E-state index is 0.323. The Kier molecular flexibility index (Phi) is 6.42. The van der Waals surface area contributed by atoms with Crippen LogP contribution in [-0.2, 0) is 17.5 Å². The normalized spacial score (nSPS) is 16.7. The van der Waals surface area contributed by atoms with Gasteiger partial charge in [0.05, 0.1) is 25.7 Å². The van der Waals surface area contributed by atoms with E-state index in [1.807, 2.05) is 24.3 Å². The highest BCUT2D eigenvalue weighted by molar-refractivity contribution is 6.01. The van der Waals surface area contributed by atoms with Gasteiger partial charge < -0.3 is 9.80 Å². The number of hydrogen-bond acceptors (Lipinski definition) is 1. The molecular formula is C23H26F3N2O+. The zero-order valence-electron chi connectivity index (χ0n) is 16.5. The average molecular weight is 403 g/mol. The van der Waals surface area contributed by atoms with Crippen LogP contribution in [0.3, 0.4) is 0 Å². The van der Waals surface area contributed by atoms with Gasteiger partial charge in [0.15, 0.2) is 0 Å². The van der Waals surface area contributed by atoms with Gasteiger partial charge in [0.25, 0.3) is 0 Å². The third kappa shape index (κ3) is 6.19. The van der Waals surface area contributed by atoms with Crippen molar-refractivity contribution in [1.82, 2.24) is 0 Å². The van der Waals surface area contributed by atoms with Gasteiger partial charge in [0.2, 0.25) is 5.91 Å². The van der Waals surface area contributed by atoms with E-state index in [9.17, 15) is 18.0 Å². The largest absolute Gasteiger partial charge is 0.416 e. The highest BCUT2D eigenvalue weighted by atomic mass is 19.4. The lowest BCUT2D eigenvalue weighted by atomic mass is 10.1. The van der Waals surface area contributed by atoms with E-state index < -0.39 is 11.7 Å². The predicted molar refractivity (Wildman–Crippen MR) is 109 cm³/mol. The second-order valence-electron chi connectivity index (χ2n) is 7.93. The molecule has 0 saturated carbocycles. The summed E-state index contributed by atoms with van der Waals surface area (Å²) in [6, 6.07) is 12.6. The lowest BCUT2D eigenvalue weighted by Crippen LogP contribution is -2.46. The molecular weight excluding hydrogens is 377 g/mol. The van der Waals surface area contributed by atoms with Gasteiger partial charge in [-0.1, -0.05) is 24.3 Å². The Morgan fingerprint density at radius 1 is 1.07 bits per heavy atom. The fraction of sp³-hybridized carbons (Fsp3) is 0.348. The van der Waals surface area contributed by atoms with E-state index in [2.05, 4.69) is 12.4 Å². The van der Waals surface area contributed by atoms with E-state index in [1.54, 1.807) is 0 Å². The van der Waals surface area contributed by atoms with Crippen LogP contribution in [0.25, 0.3) is 6.08 Å². The SMILES string of the molecule is C[N+]1(Cc2ccc(NC(=O)/C=C/c3cccc(C(F)(F)F)c3)cc2)CCCCC1. The van der Waals surface area contributed by atoms with Crippen molar-refractivity contribution in [2.45, 2.75) is 32.0 Å². The third-order valence-electron chi connectivity index (χ3n) is 5.32. The summed E-state index contributed by atoms with van der Waals surface area (Å²) in [5, 5.41) is 2.74. The first kappa shape index (κ1) is 21.1. The maximum atomic E-state index is 12.8. The number of anilines is 1. The van der Waals surface area contributed by atoms with Crippen LogP contribution in [0.1, 0.15) is 36.0 Å². The summed E-state index contributed by atoms with van der Waals surface area (Å²) in [7, 11) is 2.29. The second-order valence-corrected chi connectivity index (χ2v) is 7.93. The Balaban J connectivity index is 1.57. The van der Waals surface area contributed by atoms with E-state index >= 15 is 0 Å². The smallest absolute Gasteiger partial charge is 0.323 e. The van der Waals surface area contributed by atoms with Crippen molar-refractivity contribution in [2.75, 3.05) is 25.5 Å². The molecule has 0 unspecified atom stereocenters. The van der Waals surface area contributed by atoms with Crippen LogP contribution in [-0.4, -0.2) is 30.5 Å². The number of piperidine rings is 1. The molecule has 1 N–H and O–H groups in total. The Labute approximate surface area is 169 Å². The van der Waals surface area contributed by atoms with Crippen molar-refractivity contribution >= 4 is 17.7 Å². The van der Waals surface area contributed by atoms with Crippen LogP contribution >= 0.6 is 0 Å².